The fourth-order valence-corrected chi connectivity index (χ4v) is 2.20. The minimum Gasteiger partial charge on any atom is -0.496 e. The van der Waals surface area contributed by atoms with E-state index in [2.05, 4.69) is 10.5 Å². The van der Waals surface area contributed by atoms with Crippen molar-refractivity contribution in [2.24, 2.45) is 5.10 Å². The van der Waals surface area contributed by atoms with Gasteiger partial charge in [-0.2, -0.15) is 5.10 Å². The van der Waals surface area contributed by atoms with Gasteiger partial charge >= 0.3 is 0 Å². The Hall–Kier alpha value is -3.28. The van der Waals surface area contributed by atoms with E-state index >= 15 is 0 Å². The summed E-state index contributed by atoms with van der Waals surface area (Å²) in [5.74, 6) is 1.63. The number of nitrogens with one attached hydrogen (secondary N) is 1. The Bertz CT molecular complexity index is 799. The van der Waals surface area contributed by atoms with E-state index in [0.717, 1.165) is 17.1 Å². The van der Waals surface area contributed by atoms with Gasteiger partial charge in [0.15, 0.2) is 11.5 Å². The van der Waals surface area contributed by atoms with E-state index in [1.54, 1.807) is 30.3 Å². The molecule has 2 aromatic rings. The summed E-state index contributed by atoms with van der Waals surface area (Å²) in [7, 11) is 1.52. The van der Waals surface area contributed by atoms with Gasteiger partial charge in [0, 0.05) is 6.21 Å². The molecule has 0 bridgehead atoms. The number of benzene rings is 2. The molecule has 1 aliphatic rings. The van der Waals surface area contributed by atoms with Crippen LogP contribution < -0.4 is 19.6 Å². The second kappa shape index (κ2) is 7.32. The Labute approximate surface area is 139 Å². The van der Waals surface area contributed by atoms with Crippen LogP contribution >= 0.6 is 0 Å². The van der Waals surface area contributed by atoms with Crippen molar-refractivity contribution in [1.29, 1.82) is 0 Å². The Morgan fingerprint density at radius 3 is 2.92 bits per heavy atom. The van der Waals surface area contributed by atoms with Gasteiger partial charge in [0.2, 0.25) is 6.79 Å². The summed E-state index contributed by atoms with van der Waals surface area (Å²) in [4.78, 5) is 12.0. The molecule has 6 heteroatoms. The van der Waals surface area contributed by atoms with Gasteiger partial charge in [-0.05, 0) is 35.9 Å². The molecule has 6 nitrogen and oxygen atoms in total. The lowest BCUT2D eigenvalue weighted by Crippen LogP contribution is -2.18. The molecular weight excluding hydrogens is 308 g/mol. The largest absolute Gasteiger partial charge is 0.496 e. The number of methoxy groups -OCH3 is 1. The minimum atomic E-state index is -0.333. The lowest BCUT2D eigenvalue weighted by Gasteiger charge is -2.05. The van der Waals surface area contributed by atoms with E-state index < -0.39 is 0 Å². The first-order valence-electron chi connectivity index (χ1n) is 7.30. The molecule has 0 spiro atoms. The molecule has 0 aliphatic carbocycles. The minimum absolute atomic E-state index is 0.249. The number of amides is 1. The number of hydrazone groups is 1. The Kier molecular flexibility index (Phi) is 4.76. The Morgan fingerprint density at radius 2 is 2.04 bits per heavy atom. The van der Waals surface area contributed by atoms with Crippen LogP contribution in [0.5, 0.6) is 17.2 Å². The SMILES string of the molecule is COc1ccccc1C(=O)NN=CC=Cc1ccc2c(c1)OCO2. The predicted molar refractivity (Wildman–Crippen MR) is 90.6 cm³/mol. The third-order valence-electron chi connectivity index (χ3n) is 3.36. The maximum Gasteiger partial charge on any atom is 0.275 e. The first-order valence-corrected chi connectivity index (χ1v) is 7.30. The fourth-order valence-electron chi connectivity index (χ4n) is 2.20. The van der Waals surface area contributed by atoms with Crippen molar-refractivity contribution in [1.82, 2.24) is 5.43 Å². The first kappa shape index (κ1) is 15.6. The summed E-state index contributed by atoms with van der Waals surface area (Å²) in [5, 5.41) is 3.89. The lowest BCUT2D eigenvalue weighted by molar-refractivity contribution is 0.0952. The van der Waals surface area contributed by atoms with Crippen molar-refractivity contribution in [3.8, 4) is 17.2 Å². The van der Waals surface area contributed by atoms with Crippen LogP contribution in [0.3, 0.4) is 0 Å². The summed E-state index contributed by atoms with van der Waals surface area (Å²) in [6, 6.07) is 12.6. The Balaban J connectivity index is 1.57. The van der Waals surface area contributed by atoms with Crippen LogP contribution in [0.15, 0.2) is 53.6 Å². The highest BCUT2D eigenvalue weighted by atomic mass is 16.7. The van der Waals surface area contributed by atoms with Gasteiger partial charge in [-0.3, -0.25) is 4.79 Å². The molecule has 0 unspecified atom stereocenters. The molecule has 0 saturated heterocycles. The molecule has 0 saturated carbocycles. The molecule has 0 radical (unpaired) electrons. The van der Waals surface area contributed by atoms with Crippen LogP contribution in [0.4, 0.5) is 0 Å². The fraction of sp³-hybridized carbons (Fsp3) is 0.111. The van der Waals surface area contributed by atoms with E-state index in [4.69, 9.17) is 14.2 Å². The molecule has 2 aromatic carbocycles. The molecule has 1 amide bonds. The van der Waals surface area contributed by atoms with Gasteiger partial charge < -0.3 is 14.2 Å². The van der Waals surface area contributed by atoms with E-state index in [0.29, 0.717) is 11.3 Å². The number of allylic oxidation sites excluding steroid dienone is 1. The van der Waals surface area contributed by atoms with Crippen molar-refractivity contribution >= 4 is 18.2 Å². The van der Waals surface area contributed by atoms with Crippen molar-refractivity contribution < 1.29 is 19.0 Å². The second-order valence-corrected chi connectivity index (χ2v) is 4.89. The number of fused-ring (bicyclic) bond motifs is 1. The summed E-state index contributed by atoms with van der Waals surface area (Å²) < 4.78 is 15.7. The average molecular weight is 324 g/mol. The first-order chi connectivity index (χ1) is 11.8. The number of hydrogen-bond donors (Lipinski definition) is 1. The third-order valence-corrected chi connectivity index (χ3v) is 3.36. The van der Waals surface area contributed by atoms with Crippen molar-refractivity contribution in [3.63, 3.8) is 0 Å². The highest BCUT2D eigenvalue weighted by molar-refractivity contribution is 5.97. The summed E-state index contributed by atoms with van der Waals surface area (Å²) in [6.07, 6.45) is 5.07. The highest BCUT2D eigenvalue weighted by Gasteiger charge is 2.12. The topological polar surface area (TPSA) is 69.2 Å². The molecule has 0 fully saturated rings. The lowest BCUT2D eigenvalue weighted by atomic mass is 10.2. The van der Waals surface area contributed by atoms with Gasteiger partial charge in [-0.25, -0.2) is 5.43 Å². The zero-order valence-corrected chi connectivity index (χ0v) is 13.1. The van der Waals surface area contributed by atoms with Gasteiger partial charge in [0.1, 0.15) is 5.75 Å². The van der Waals surface area contributed by atoms with Crippen LogP contribution in [0.25, 0.3) is 6.08 Å². The number of rotatable bonds is 5. The molecule has 3 rings (SSSR count). The zero-order chi connectivity index (χ0) is 16.8. The molecule has 1 heterocycles. The standard InChI is InChI=1S/C18H16N2O4/c1-22-15-7-3-2-6-14(15)18(21)20-19-10-4-5-13-8-9-16-17(11-13)24-12-23-16/h2-11H,12H2,1H3,(H,20,21). The monoisotopic (exact) mass is 324 g/mol. The number of para-hydroxylation sites is 1. The quantitative estimate of drug-likeness (QED) is 0.678. The van der Waals surface area contributed by atoms with Crippen LogP contribution in [0.1, 0.15) is 15.9 Å². The smallest absolute Gasteiger partial charge is 0.275 e. The van der Waals surface area contributed by atoms with E-state index in [-0.39, 0.29) is 12.7 Å². The van der Waals surface area contributed by atoms with Crippen molar-refractivity contribution in [3.05, 3.63) is 59.7 Å². The highest BCUT2D eigenvalue weighted by Crippen LogP contribution is 2.32. The number of nitrogens with zero attached hydrogens (tertiary/aromatic N) is 1. The molecule has 0 aromatic heterocycles. The molecule has 24 heavy (non-hydrogen) atoms. The van der Waals surface area contributed by atoms with Crippen LogP contribution in [-0.4, -0.2) is 26.0 Å². The summed E-state index contributed by atoms with van der Waals surface area (Å²) in [5.41, 5.74) is 3.83. The van der Waals surface area contributed by atoms with Crippen LogP contribution in [0, 0.1) is 0 Å². The normalized spacial score (nSPS) is 12.7. The molecular formula is C18H16N2O4. The maximum absolute atomic E-state index is 12.0. The summed E-state index contributed by atoms with van der Waals surface area (Å²) >= 11 is 0. The molecule has 122 valence electrons. The molecule has 1 N–H and O–H groups in total. The van der Waals surface area contributed by atoms with Gasteiger partial charge in [0.25, 0.3) is 5.91 Å². The van der Waals surface area contributed by atoms with Crippen molar-refractivity contribution in [2.75, 3.05) is 13.9 Å². The van der Waals surface area contributed by atoms with E-state index in [1.807, 2.05) is 24.3 Å². The molecule has 1 aliphatic heterocycles. The van der Waals surface area contributed by atoms with Gasteiger partial charge in [0.05, 0.1) is 12.7 Å². The molecule has 0 atom stereocenters. The van der Waals surface area contributed by atoms with Gasteiger partial charge in [-0.1, -0.05) is 24.3 Å². The number of hydrogen-bond acceptors (Lipinski definition) is 5. The maximum atomic E-state index is 12.0. The van der Waals surface area contributed by atoms with E-state index in [1.165, 1.54) is 13.3 Å². The van der Waals surface area contributed by atoms with Crippen LogP contribution in [0.2, 0.25) is 0 Å². The van der Waals surface area contributed by atoms with E-state index in [9.17, 15) is 4.79 Å². The van der Waals surface area contributed by atoms with Crippen LogP contribution in [-0.2, 0) is 0 Å². The predicted octanol–water partition coefficient (Wildman–Crippen LogP) is 2.85. The Morgan fingerprint density at radius 1 is 1.21 bits per heavy atom. The second-order valence-electron chi connectivity index (χ2n) is 4.89. The summed E-state index contributed by atoms with van der Waals surface area (Å²) in [6.45, 7) is 0.249. The number of carbonyl (C=O) groups is 1. The number of ether oxygens (including phenoxy) is 3. The average Bonchev–Trinajstić information content (AvgIpc) is 3.09. The number of carbonyl (C=O) groups excluding carboxylic acids is 1. The third kappa shape index (κ3) is 3.55. The van der Waals surface area contributed by atoms with Crippen molar-refractivity contribution in [2.45, 2.75) is 0 Å². The zero-order valence-electron chi connectivity index (χ0n) is 13.1. The van der Waals surface area contributed by atoms with Gasteiger partial charge in [-0.15, -0.1) is 0 Å².